The molecule has 0 atom stereocenters. The number of carbonyl (C=O) groups is 3. The molecule has 0 unspecified atom stereocenters. The lowest BCUT2D eigenvalue weighted by Gasteiger charge is -2.33. The van der Waals surface area contributed by atoms with Crippen molar-refractivity contribution in [2.75, 3.05) is 68.7 Å². The molecule has 16 nitrogen and oxygen atoms in total. The average molecular weight is 905 g/mol. The molecule has 3 aromatic heterocycles. The first-order chi connectivity index (χ1) is 30.8. The molecule has 362 valence electrons. The molecule has 0 radical (unpaired) electrons. The maximum Gasteiger partial charge on any atom is 0.407 e. The minimum Gasteiger partial charge on any atom is -0.444 e. The number of hydrogen-bond donors (Lipinski definition) is 5. The van der Waals surface area contributed by atoms with Gasteiger partial charge in [0.15, 0.2) is 0 Å². The van der Waals surface area contributed by atoms with Crippen LogP contribution in [0.4, 0.5) is 25.8 Å². The van der Waals surface area contributed by atoms with Crippen LogP contribution in [-0.4, -0.2) is 109 Å². The molecule has 6 heterocycles. The first-order valence-corrected chi connectivity index (χ1v) is 23.3. The minimum absolute atomic E-state index is 0.305. The van der Waals surface area contributed by atoms with Gasteiger partial charge in [0.05, 0.1) is 0 Å². The number of aromatic nitrogens is 3. The van der Waals surface area contributed by atoms with Crippen LogP contribution in [0.25, 0.3) is 0 Å². The number of carbonyl (C=O) groups excluding carboxylic acids is 3. The number of piperidine rings is 3. The molecule has 0 spiro atoms. The number of pyridine rings is 3. The average Bonchev–Trinajstić information content (AvgIpc) is 3.27. The van der Waals surface area contributed by atoms with Gasteiger partial charge in [-0.25, -0.2) is 14.4 Å². The molecule has 6 rings (SSSR count). The summed E-state index contributed by atoms with van der Waals surface area (Å²) in [4.78, 5) is 51.0. The van der Waals surface area contributed by atoms with E-state index in [0.29, 0.717) is 24.9 Å². The molecule has 3 fully saturated rings. The molecule has 3 aromatic rings. The summed E-state index contributed by atoms with van der Waals surface area (Å²) < 4.78 is 15.5. The van der Waals surface area contributed by atoms with E-state index < -0.39 is 22.9 Å². The molecule has 3 aliphatic heterocycles. The van der Waals surface area contributed by atoms with Crippen LogP contribution in [0.2, 0.25) is 0 Å². The van der Waals surface area contributed by atoms with Crippen molar-refractivity contribution in [3.05, 3.63) is 79.1 Å². The second-order valence-electron chi connectivity index (χ2n) is 19.7. The monoisotopic (exact) mass is 905 g/mol. The van der Waals surface area contributed by atoms with Gasteiger partial charge in [-0.05, 0) is 180 Å². The number of amides is 3. The molecule has 0 aromatic carbocycles. The van der Waals surface area contributed by atoms with Crippen molar-refractivity contribution in [2.45, 2.75) is 124 Å². The molecule has 16 heteroatoms. The topological polar surface area (TPSA) is 198 Å². The van der Waals surface area contributed by atoms with E-state index in [2.05, 4.69) is 58.2 Å². The predicted molar refractivity (Wildman–Crippen MR) is 259 cm³/mol. The Morgan fingerprint density at radius 2 is 0.892 bits per heavy atom. The summed E-state index contributed by atoms with van der Waals surface area (Å²) in [5, 5.41) is 11.7. The third-order valence-corrected chi connectivity index (χ3v) is 10.5. The Kier molecular flexibility index (Phi) is 23.3. The van der Waals surface area contributed by atoms with Crippen molar-refractivity contribution >= 4 is 29.7 Å². The number of nitrogens with one attached hydrogen (secondary N) is 4. The van der Waals surface area contributed by atoms with E-state index in [1.165, 1.54) is 24.2 Å². The van der Waals surface area contributed by atoms with Gasteiger partial charge in [-0.3, -0.25) is 15.0 Å². The first kappa shape index (κ1) is 54.1. The van der Waals surface area contributed by atoms with Crippen molar-refractivity contribution in [3.8, 4) is 0 Å². The Bertz CT molecular complexity index is 1750. The summed E-state index contributed by atoms with van der Waals surface area (Å²) in [5.41, 5.74) is 7.87. The zero-order valence-corrected chi connectivity index (χ0v) is 40.7. The molecule has 3 saturated heterocycles. The van der Waals surface area contributed by atoms with Crippen LogP contribution in [0.15, 0.2) is 73.6 Å². The number of nitrogens with two attached hydrogens (primary N) is 1. The van der Waals surface area contributed by atoms with Crippen molar-refractivity contribution in [2.24, 2.45) is 23.5 Å². The molecule has 3 aliphatic rings. The van der Waals surface area contributed by atoms with Gasteiger partial charge in [0, 0.05) is 94.4 Å². The molecule has 3 amide bonds. The van der Waals surface area contributed by atoms with Crippen LogP contribution in [0, 0.1) is 17.8 Å². The normalized spacial score (nSPS) is 16.2. The maximum atomic E-state index is 11.6. The van der Waals surface area contributed by atoms with Crippen LogP contribution in [-0.2, 0) is 20.8 Å². The fourth-order valence-electron chi connectivity index (χ4n) is 7.09. The number of hydrogen-bond acceptors (Lipinski definition) is 13. The van der Waals surface area contributed by atoms with E-state index in [1.807, 2.05) is 111 Å². The quantitative estimate of drug-likeness (QED) is 0.131. The number of ether oxygens (including phenoxy) is 3. The van der Waals surface area contributed by atoms with E-state index in [-0.39, 0.29) is 12.2 Å². The highest BCUT2D eigenvalue weighted by Crippen LogP contribution is 2.23. The van der Waals surface area contributed by atoms with Gasteiger partial charge in [-0.15, -0.1) is 0 Å². The molecule has 65 heavy (non-hydrogen) atoms. The molecule has 0 saturated carbocycles. The predicted octanol–water partition coefficient (Wildman–Crippen LogP) is 7.70. The summed E-state index contributed by atoms with van der Waals surface area (Å²) in [6.45, 7) is 25.9. The van der Waals surface area contributed by atoms with Crippen molar-refractivity contribution in [3.63, 3.8) is 0 Å². The van der Waals surface area contributed by atoms with Gasteiger partial charge >= 0.3 is 18.3 Å². The Labute approximate surface area is 388 Å². The summed E-state index contributed by atoms with van der Waals surface area (Å²) >= 11 is 0. The Balaban J connectivity index is 0.000000234. The van der Waals surface area contributed by atoms with Gasteiger partial charge in [0.2, 0.25) is 0 Å². The van der Waals surface area contributed by atoms with Crippen molar-refractivity contribution in [1.29, 1.82) is 0 Å². The summed E-state index contributed by atoms with van der Waals surface area (Å²) in [6, 6.07) is 11.9. The Morgan fingerprint density at radius 3 is 1.26 bits per heavy atom. The SMILES string of the molecule is CC(C)(C)OC(=O)NCC1CCN(c2ccncc2)CC1.CC(C)(C)OC(=O)NCC1CCNCC1.CC(C)(C)OC(=O)NCc1ccncc1.NCC1CCN(c2ccncc2)CC1. The van der Waals surface area contributed by atoms with E-state index in [0.717, 1.165) is 89.5 Å². The maximum absolute atomic E-state index is 11.6. The van der Waals surface area contributed by atoms with Crippen molar-refractivity contribution in [1.82, 2.24) is 36.2 Å². The van der Waals surface area contributed by atoms with E-state index in [1.54, 1.807) is 12.4 Å². The minimum atomic E-state index is -0.456. The molecular formula is C49H80N10O6. The standard InChI is InChI=1S/C16H25N3O2.C11H17N3.C11H22N2O2.C11H16N2O2/c1-16(2,3)21-15(20)18-12-13-6-10-19(11-7-13)14-4-8-17-9-5-14;12-9-10-3-7-14(8-4-10)11-1-5-13-6-2-11;2*1-11(2,3)15-10(14)13-8-9-4-6-12-7-5-9/h4-5,8-9,13H,6-7,10-12H2,1-3H3,(H,18,20);1-2,5-6,10H,3-4,7-9,12H2;9,12H,4-8H2,1-3H3,(H,13,14);4-7H,8H2,1-3H3,(H,13,14). The lowest BCUT2D eigenvalue weighted by atomic mass is 9.96. The van der Waals surface area contributed by atoms with Crippen LogP contribution in [0.1, 0.15) is 106 Å². The van der Waals surface area contributed by atoms with Gasteiger partial charge in [-0.1, -0.05) is 0 Å². The molecule has 0 bridgehead atoms. The zero-order valence-electron chi connectivity index (χ0n) is 40.7. The number of alkyl carbamates (subject to hydrolysis) is 3. The van der Waals surface area contributed by atoms with Gasteiger partial charge < -0.3 is 51.0 Å². The van der Waals surface area contributed by atoms with E-state index in [4.69, 9.17) is 19.9 Å². The highest BCUT2D eigenvalue weighted by atomic mass is 16.6. The smallest absolute Gasteiger partial charge is 0.407 e. The lowest BCUT2D eigenvalue weighted by Crippen LogP contribution is -2.40. The second kappa shape index (κ2) is 28.0. The van der Waals surface area contributed by atoms with Crippen LogP contribution in [0.3, 0.4) is 0 Å². The van der Waals surface area contributed by atoms with E-state index >= 15 is 0 Å². The zero-order chi connectivity index (χ0) is 47.7. The molecular weight excluding hydrogens is 825 g/mol. The summed E-state index contributed by atoms with van der Waals surface area (Å²) in [5.74, 6) is 1.85. The largest absolute Gasteiger partial charge is 0.444 e. The van der Waals surface area contributed by atoms with E-state index in [9.17, 15) is 14.4 Å². The van der Waals surface area contributed by atoms with Crippen molar-refractivity contribution < 1.29 is 28.6 Å². The van der Waals surface area contributed by atoms with Crippen LogP contribution in [0.5, 0.6) is 0 Å². The number of nitrogens with zero attached hydrogens (tertiary/aromatic N) is 5. The summed E-state index contributed by atoms with van der Waals surface area (Å²) in [7, 11) is 0. The van der Waals surface area contributed by atoms with Gasteiger partial charge in [0.1, 0.15) is 16.8 Å². The third kappa shape index (κ3) is 25.2. The number of rotatable bonds is 9. The Morgan fingerprint density at radius 1 is 0.554 bits per heavy atom. The molecule has 6 N–H and O–H groups in total. The van der Waals surface area contributed by atoms with Crippen LogP contribution >= 0.6 is 0 Å². The second-order valence-corrected chi connectivity index (χ2v) is 19.7. The Hall–Kier alpha value is -5.22. The number of anilines is 2. The first-order valence-electron chi connectivity index (χ1n) is 23.3. The van der Waals surface area contributed by atoms with Gasteiger partial charge in [-0.2, -0.15) is 0 Å². The fraction of sp³-hybridized carbons (Fsp3) is 0.633. The summed E-state index contributed by atoms with van der Waals surface area (Å²) in [6.07, 6.45) is 16.6. The lowest BCUT2D eigenvalue weighted by molar-refractivity contribution is 0.0505. The fourth-order valence-corrected chi connectivity index (χ4v) is 7.09. The molecule has 0 aliphatic carbocycles. The van der Waals surface area contributed by atoms with Crippen LogP contribution < -0.4 is 36.8 Å². The van der Waals surface area contributed by atoms with Gasteiger partial charge in [0.25, 0.3) is 0 Å². The third-order valence-electron chi connectivity index (χ3n) is 10.5. The highest BCUT2D eigenvalue weighted by Gasteiger charge is 2.23. The highest BCUT2D eigenvalue weighted by molar-refractivity contribution is 5.68.